The molecule has 0 amide bonds. The fourth-order valence-electron chi connectivity index (χ4n) is 8.70. The Bertz CT molecular complexity index is 3360. The van der Waals surface area contributed by atoms with Crippen molar-refractivity contribution in [3.8, 4) is 45.5 Å². The Labute approximate surface area is 326 Å². The SMILES string of the molecule is c1ccc(-c2nc(-c3ccccc3)nc(-c3c(-n4c5ccccc5c5ccccc54)cc4c(oc5ccccc54)c3-n3c4ccccc4c4ccccc43)n2)cc1. The molecular formula is C51H31N5O. The van der Waals surface area contributed by atoms with Crippen LogP contribution in [0.2, 0.25) is 0 Å². The molecule has 0 atom stereocenters. The second-order valence-electron chi connectivity index (χ2n) is 14.4. The number of nitrogens with zero attached hydrogens (tertiary/aromatic N) is 5. The van der Waals surface area contributed by atoms with Crippen LogP contribution >= 0.6 is 0 Å². The third kappa shape index (κ3) is 4.74. The fraction of sp³-hybridized carbons (Fsp3) is 0. The second kappa shape index (κ2) is 12.3. The van der Waals surface area contributed by atoms with Crippen molar-refractivity contribution in [3.05, 3.63) is 188 Å². The van der Waals surface area contributed by atoms with E-state index >= 15 is 0 Å². The summed E-state index contributed by atoms with van der Waals surface area (Å²) >= 11 is 0. The van der Waals surface area contributed by atoms with E-state index in [0.29, 0.717) is 17.5 Å². The highest BCUT2D eigenvalue weighted by atomic mass is 16.3. The van der Waals surface area contributed by atoms with Gasteiger partial charge in [0.05, 0.1) is 33.3 Å². The van der Waals surface area contributed by atoms with E-state index in [4.69, 9.17) is 19.4 Å². The maximum absolute atomic E-state index is 7.04. The van der Waals surface area contributed by atoms with Gasteiger partial charge in [-0.3, -0.25) is 0 Å². The van der Waals surface area contributed by atoms with Gasteiger partial charge in [-0.05, 0) is 36.4 Å². The van der Waals surface area contributed by atoms with Crippen LogP contribution in [-0.2, 0) is 0 Å². The zero-order valence-electron chi connectivity index (χ0n) is 30.5. The van der Waals surface area contributed by atoms with Gasteiger partial charge < -0.3 is 13.6 Å². The third-order valence-corrected chi connectivity index (χ3v) is 11.2. The molecule has 0 saturated carbocycles. The summed E-state index contributed by atoms with van der Waals surface area (Å²) in [7, 11) is 0. The molecule has 6 nitrogen and oxygen atoms in total. The molecule has 0 radical (unpaired) electrons. The Morgan fingerprint density at radius 3 is 1.26 bits per heavy atom. The van der Waals surface area contributed by atoms with Crippen molar-refractivity contribution >= 4 is 65.6 Å². The normalized spacial score (nSPS) is 11.9. The maximum atomic E-state index is 7.04. The summed E-state index contributed by atoms with van der Waals surface area (Å²) < 4.78 is 11.8. The Morgan fingerprint density at radius 1 is 0.351 bits per heavy atom. The van der Waals surface area contributed by atoms with E-state index in [1.165, 1.54) is 10.8 Å². The van der Waals surface area contributed by atoms with Crippen LogP contribution in [0.25, 0.3) is 111 Å². The lowest BCUT2D eigenvalue weighted by atomic mass is 10.0. The highest BCUT2D eigenvalue weighted by Gasteiger charge is 2.29. The molecule has 0 aliphatic heterocycles. The van der Waals surface area contributed by atoms with Crippen molar-refractivity contribution in [1.29, 1.82) is 0 Å². The van der Waals surface area contributed by atoms with Gasteiger partial charge in [0.15, 0.2) is 23.1 Å². The first-order valence-electron chi connectivity index (χ1n) is 19.1. The molecule has 57 heavy (non-hydrogen) atoms. The average Bonchev–Trinajstić information content (AvgIpc) is 3.94. The minimum absolute atomic E-state index is 0.541. The topological polar surface area (TPSA) is 61.7 Å². The standard InChI is InChI=1S/C51H31N5O/c1-3-17-32(18-4-1)49-52-50(33-19-5-2-6-20-33)54-51(53-49)46-44(55-40-26-12-7-21-34(40)35-22-8-13-27-41(35)55)31-39-38-25-11-16-30-45(38)57-48(39)47(46)56-42-28-14-9-23-36(42)37-24-10-15-29-43(37)56/h1-31H. The Hall–Kier alpha value is -7.83. The lowest BCUT2D eigenvalue weighted by Crippen LogP contribution is -2.08. The Balaban J connectivity index is 1.35. The molecule has 0 N–H and O–H groups in total. The van der Waals surface area contributed by atoms with Crippen molar-refractivity contribution < 1.29 is 4.42 Å². The molecule has 12 aromatic rings. The van der Waals surface area contributed by atoms with E-state index in [9.17, 15) is 0 Å². The molecule has 0 spiro atoms. The molecule has 0 bridgehead atoms. The molecule has 0 aliphatic rings. The predicted molar refractivity (Wildman–Crippen MR) is 232 cm³/mol. The van der Waals surface area contributed by atoms with Gasteiger partial charge in [0, 0.05) is 43.4 Å². The molecule has 0 saturated heterocycles. The van der Waals surface area contributed by atoms with Crippen LogP contribution in [-0.4, -0.2) is 24.1 Å². The summed E-state index contributed by atoms with van der Waals surface area (Å²) in [4.78, 5) is 16.0. The van der Waals surface area contributed by atoms with Crippen LogP contribution in [0.3, 0.4) is 0 Å². The van der Waals surface area contributed by atoms with Gasteiger partial charge in [0.2, 0.25) is 0 Å². The fourth-order valence-corrected chi connectivity index (χ4v) is 8.70. The number of benzene rings is 8. The van der Waals surface area contributed by atoms with Crippen molar-refractivity contribution in [2.75, 3.05) is 0 Å². The van der Waals surface area contributed by atoms with E-state index in [-0.39, 0.29) is 0 Å². The molecular weight excluding hydrogens is 699 g/mol. The molecule has 4 heterocycles. The summed E-state index contributed by atoms with van der Waals surface area (Å²) in [6.07, 6.45) is 0. The molecule has 0 aliphatic carbocycles. The third-order valence-electron chi connectivity index (χ3n) is 11.2. The van der Waals surface area contributed by atoms with Crippen LogP contribution < -0.4 is 0 Å². The van der Waals surface area contributed by atoms with Gasteiger partial charge in [-0.15, -0.1) is 0 Å². The molecule has 4 aromatic heterocycles. The van der Waals surface area contributed by atoms with Crippen LogP contribution in [0.15, 0.2) is 192 Å². The molecule has 0 unspecified atom stereocenters. The molecule has 12 rings (SSSR count). The minimum atomic E-state index is 0.541. The lowest BCUT2D eigenvalue weighted by Gasteiger charge is -2.20. The molecule has 8 aromatic carbocycles. The number of para-hydroxylation sites is 5. The number of hydrogen-bond donors (Lipinski definition) is 0. The van der Waals surface area contributed by atoms with Crippen molar-refractivity contribution in [3.63, 3.8) is 0 Å². The van der Waals surface area contributed by atoms with E-state index < -0.39 is 0 Å². The monoisotopic (exact) mass is 729 g/mol. The van der Waals surface area contributed by atoms with Gasteiger partial charge in [0.1, 0.15) is 11.3 Å². The Morgan fingerprint density at radius 2 is 0.754 bits per heavy atom. The lowest BCUT2D eigenvalue weighted by molar-refractivity contribution is 0.666. The van der Waals surface area contributed by atoms with Crippen molar-refractivity contribution in [2.45, 2.75) is 0 Å². The summed E-state index contributed by atoms with van der Waals surface area (Å²) in [6, 6.07) is 65.4. The summed E-state index contributed by atoms with van der Waals surface area (Å²) in [5, 5.41) is 6.67. The van der Waals surface area contributed by atoms with Crippen molar-refractivity contribution in [2.24, 2.45) is 0 Å². The number of furan rings is 1. The van der Waals surface area contributed by atoms with Crippen LogP contribution in [0.4, 0.5) is 0 Å². The van der Waals surface area contributed by atoms with E-state index in [0.717, 1.165) is 82.8 Å². The summed E-state index contributed by atoms with van der Waals surface area (Å²) in [5.41, 5.74) is 10.3. The quantitative estimate of drug-likeness (QED) is 0.177. The van der Waals surface area contributed by atoms with E-state index in [1.807, 2.05) is 42.5 Å². The van der Waals surface area contributed by atoms with Crippen molar-refractivity contribution in [1.82, 2.24) is 24.1 Å². The molecule has 0 fully saturated rings. The highest BCUT2D eigenvalue weighted by Crippen LogP contribution is 2.47. The zero-order valence-corrected chi connectivity index (χ0v) is 30.5. The Kier molecular flexibility index (Phi) is 6.83. The molecule has 266 valence electrons. The van der Waals surface area contributed by atoms with Crippen LogP contribution in [0.5, 0.6) is 0 Å². The second-order valence-corrected chi connectivity index (χ2v) is 14.4. The van der Waals surface area contributed by atoms with Gasteiger partial charge in [-0.1, -0.05) is 152 Å². The predicted octanol–water partition coefficient (Wildman–Crippen LogP) is 13.0. The number of rotatable bonds is 5. The van der Waals surface area contributed by atoms with Gasteiger partial charge >= 0.3 is 0 Å². The highest BCUT2D eigenvalue weighted by molar-refractivity contribution is 6.17. The van der Waals surface area contributed by atoms with Gasteiger partial charge in [-0.25, -0.2) is 15.0 Å². The zero-order chi connectivity index (χ0) is 37.5. The van der Waals surface area contributed by atoms with E-state index in [1.54, 1.807) is 0 Å². The van der Waals surface area contributed by atoms with Gasteiger partial charge in [0.25, 0.3) is 0 Å². The largest absolute Gasteiger partial charge is 0.454 e. The first kappa shape index (κ1) is 31.5. The average molecular weight is 730 g/mol. The minimum Gasteiger partial charge on any atom is -0.454 e. The van der Waals surface area contributed by atoms with Crippen LogP contribution in [0, 0.1) is 0 Å². The van der Waals surface area contributed by atoms with Gasteiger partial charge in [-0.2, -0.15) is 0 Å². The summed E-state index contributed by atoms with van der Waals surface area (Å²) in [6.45, 7) is 0. The summed E-state index contributed by atoms with van der Waals surface area (Å²) in [5.74, 6) is 1.72. The number of fused-ring (bicyclic) bond motifs is 9. The maximum Gasteiger partial charge on any atom is 0.168 e. The first-order valence-corrected chi connectivity index (χ1v) is 19.1. The first-order chi connectivity index (χ1) is 28.3. The molecule has 6 heteroatoms. The van der Waals surface area contributed by atoms with Crippen LogP contribution in [0.1, 0.15) is 0 Å². The van der Waals surface area contributed by atoms with E-state index in [2.05, 4.69) is 155 Å². The number of aromatic nitrogens is 5. The smallest absolute Gasteiger partial charge is 0.168 e. The number of hydrogen-bond acceptors (Lipinski definition) is 4.